The van der Waals surface area contributed by atoms with Gasteiger partial charge >= 0.3 is 6.09 Å². The Kier molecular flexibility index (Phi) is 6.55. The van der Waals surface area contributed by atoms with E-state index in [1.54, 1.807) is 30.9 Å². The standard InChI is InChI=1S/C23H27FN6O2S/c1-22(2,3)32-21(31)29-13-16-12-26-19(33-16)15-10-27-20(28-11-15)30-14-23(7-5-8-23)18-17(24)6-4-9-25-18/h4,6,9-12H,5,7-8,13-14H2,1-3H3,(H,29,31)(H,27,28,30). The van der Waals surface area contributed by atoms with Gasteiger partial charge in [-0.15, -0.1) is 11.3 Å². The summed E-state index contributed by atoms with van der Waals surface area (Å²) in [5.74, 6) is 0.209. The van der Waals surface area contributed by atoms with Crippen LogP contribution in [0, 0.1) is 5.82 Å². The van der Waals surface area contributed by atoms with E-state index in [2.05, 4.69) is 30.6 Å². The summed E-state index contributed by atoms with van der Waals surface area (Å²) >= 11 is 1.45. The highest BCUT2D eigenvalue weighted by molar-refractivity contribution is 7.15. The van der Waals surface area contributed by atoms with Crippen molar-refractivity contribution in [1.82, 2.24) is 25.3 Å². The molecule has 3 heterocycles. The van der Waals surface area contributed by atoms with E-state index in [-0.39, 0.29) is 11.2 Å². The van der Waals surface area contributed by atoms with Gasteiger partial charge in [0, 0.05) is 47.2 Å². The third-order valence-electron chi connectivity index (χ3n) is 5.41. The summed E-state index contributed by atoms with van der Waals surface area (Å²) in [6.07, 6.45) is 9.09. The molecule has 33 heavy (non-hydrogen) atoms. The number of alkyl carbamates (subject to hydrolysis) is 1. The number of aromatic nitrogens is 4. The SMILES string of the molecule is CC(C)(C)OC(=O)NCc1cnc(-c2cnc(NCC3(c4ncccc4F)CCC3)nc2)s1. The fraction of sp³-hybridized carbons (Fsp3) is 0.435. The predicted octanol–water partition coefficient (Wildman–Crippen LogP) is 4.69. The maximum atomic E-state index is 14.3. The molecule has 0 saturated heterocycles. The normalized spacial score (nSPS) is 14.9. The average Bonchev–Trinajstić information content (AvgIpc) is 3.21. The number of nitrogens with one attached hydrogen (secondary N) is 2. The number of amides is 1. The maximum absolute atomic E-state index is 14.3. The quantitative estimate of drug-likeness (QED) is 0.516. The molecule has 4 rings (SSSR count). The first-order chi connectivity index (χ1) is 15.7. The molecule has 1 aliphatic rings. The van der Waals surface area contributed by atoms with E-state index in [1.807, 2.05) is 20.8 Å². The van der Waals surface area contributed by atoms with Crippen LogP contribution in [0.1, 0.15) is 50.6 Å². The molecule has 1 saturated carbocycles. The van der Waals surface area contributed by atoms with E-state index in [9.17, 15) is 9.18 Å². The molecule has 10 heteroatoms. The van der Waals surface area contributed by atoms with Gasteiger partial charge in [0.25, 0.3) is 0 Å². The van der Waals surface area contributed by atoms with Gasteiger partial charge in [-0.25, -0.2) is 24.1 Å². The van der Waals surface area contributed by atoms with Crippen molar-refractivity contribution in [1.29, 1.82) is 0 Å². The predicted molar refractivity (Wildman–Crippen MR) is 124 cm³/mol. The lowest BCUT2D eigenvalue weighted by molar-refractivity contribution is 0.0524. The highest BCUT2D eigenvalue weighted by Gasteiger charge is 2.41. The number of hydrogen-bond acceptors (Lipinski definition) is 8. The summed E-state index contributed by atoms with van der Waals surface area (Å²) in [5, 5.41) is 6.72. The van der Waals surface area contributed by atoms with Crippen molar-refractivity contribution in [3.8, 4) is 10.6 Å². The van der Waals surface area contributed by atoms with E-state index >= 15 is 0 Å². The Balaban J connectivity index is 1.34. The summed E-state index contributed by atoms with van der Waals surface area (Å²) in [5.41, 5.74) is 0.428. The van der Waals surface area contributed by atoms with E-state index < -0.39 is 11.7 Å². The number of carbonyl (C=O) groups excluding carboxylic acids is 1. The zero-order chi connectivity index (χ0) is 23.5. The van der Waals surface area contributed by atoms with Crippen molar-refractivity contribution in [3.05, 3.63) is 53.3 Å². The number of halogens is 1. The minimum atomic E-state index is -0.542. The average molecular weight is 471 g/mol. The first-order valence-electron chi connectivity index (χ1n) is 10.8. The first kappa shape index (κ1) is 23.0. The van der Waals surface area contributed by atoms with Crippen LogP contribution < -0.4 is 10.6 Å². The van der Waals surface area contributed by atoms with Crippen LogP contribution in [0.2, 0.25) is 0 Å². The molecular formula is C23H27FN6O2S. The molecule has 0 bridgehead atoms. The largest absolute Gasteiger partial charge is 0.444 e. The van der Waals surface area contributed by atoms with E-state index in [0.29, 0.717) is 24.7 Å². The Labute approximate surface area is 196 Å². The minimum Gasteiger partial charge on any atom is -0.444 e. The molecule has 8 nitrogen and oxygen atoms in total. The zero-order valence-corrected chi connectivity index (χ0v) is 19.7. The molecule has 2 N–H and O–H groups in total. The van der Waals surface area contributed by atoms with Gasteiger partial charge in [-0.1, -0.05) is 6.42 Å². The number of carbonyl (C=O) groups is 1. The Bertz CT molecular complexity index is 1110. The lowest BCUT2D eigenvalue weighted by atomic mass is 9.66. The van der Waals surface area contributed by atoms with Crippen LogP contribution in [-0.2, 0) is 16.7 Å². The highest BCUT2D eigenvalue weighted by atomic mass is 32.1. The molecule has 0 aromatic carbocycles. The van der Waals surface area contributed by atoms with E-state index in [0.717, 1.165) is 34.7 Å². The smallest absolute Gasteiger partial charge is 0.407 e. The number of rotatable bonds is 7. The van der Waals surface area contributed by atoms with Crippen molar-refractivity contribution >= 4 is 23.4 Å². The van der Waals surface area contributed by atoms with Gasteiger partial charge in [0.2, 0.25) is 5.95 Å². The third-order valence-corrected chi connectivity index (χ3v) is 6.46. The molecule has 0 aliphatic heterocycles. The Hall–Kier alpha value is -3.14. The molecular weight excluding hydrogens is 443 g/mol. The van der Waals surface area contributed by atoms with Crippen LogP contribution >= 0.6 is 11.3 Å². The van der Waals surface area contributed by atoms with Crippen LogP contribution in [-0.4, -0.2) is 38.2 Å². The van der Waals surface area contributed by atoms with Crippen LogP contribution in [0.4, 0.5) is 15.1 Å². The van der Waals surface area contributed by atoms with Crippen molar-refractivity contribution in [2.45, 2.75) is 57.6 Å². The molecule has 1 fully saturated rings. The van der Waals surface area contributed by atoms with Gasteiger partial charge in [0.05, 0.1) is 12.2 Å². The minimum absolute atomic E-state index is 0.268. The molecule has 0 atom stereocenters. The molecule has 0 spiro atoms. The van der Waals surface area contributed by atoms with Crippen LogP contribution in [0.5, 0.6) is 0 Å². The van der Waals surface area contributed by atoms with Gasteiger partial charge in [-0.05, 0) is 45.7 Å². The van der Waals surface area contributed by atoms with Crippen LogP contribution in [0.25, 0.3) is 10.6 Å². The molecule has 1 amide bonds. The monoisotopic (exact) mass is 470 g/mol. The molecule has 0 unspecified atom stereocenters. The van der Waals surface area contributed by atoms with Gasteiger partial charge < -0.3 is 15.4 Å². The summed E-state index contributed by atoms with van der Waals surface area (Å²) in [6, 6.07) is 3.07. The number of anilines is 1. The fourth-order valence-electron chi connectivity index (χ4n) is 3.65. The Morgan fingerprint density at radius 1 is 1.18 bits per heavy atom. The van der Waals surface area contributed by atoms with Gasteiger partial charge in [-0.2, -0.15) is 0 Å². The number of ether oxygens (including phenoxy) is 1. The Morgan fingerprint density at radius 2 is 1.94 bits per heavy atom. The Morgan fingerprint density at radius 3 is 2.58 bits per heavy atom. The highest BCUT2D eigenvalue weighted by Crippen LogP contribution is 2.43. The van der Waals surface area contributed by atoms with Gasteiger partial charge in [0.1, 0.15) is 16.4 Å². The second kappa shape index (κ2) is 9.38. The maximum Gasteiger partial charge on any atom is 0.407 e. The van der Waals surface area contributed by atoms with E-state index in [1.165, 1.54) is 17.4 Å². The third kappa shape index (κ3) is 5.62. The molecule has 3 aromatic heterocycles. The second-order valence-corrected chi connectivity index (χ2v) is 10.2. The lowest BCUT2D eigenvalue weighted by Gasteiger charge is -2.41. The van der Waals surface area contributed by atoms with Crippen LogP contribution in [0.15, 0.2) is 36.9 Å². The number of hydrogen-bond donors (Lipinski definition) is 2. The van der Waals surface area contributed by atoms with E-state index in [4.69, 9.17) is 4.74 Å². The number of nitrogens with zero attached hydrogens (tertiary/aromatic N) is 4. The number of pyridine rings is 1. The number of thiazole rings is 1. The topological polar surface area (TPSA) is 102 Å². The van der Waals surface area contributed by atoms with Crippen molar-refractivity contribution in [3.63, 3.8) is 0 Å². The van der Waals surface area contributed by atoms with Crippen LogP contribution in [0.3, 0.4) is 0 Å². The van der Waals surface area contributed by atoms with Gasteiger partial charge in [-0.3, -0.25) is 4.98 Å². The summed E-state index contributed by atoms with van der Waals surface area (Å²) in [7, 11) is 0. The van der Waals surface area contributed by atoms with Crippen molar-refractivity contribution in [2.24, 2.45) is 0 Å². The molecule has 3 aromatic rings. The first-order valence-corrected chi connectivity index (χ1v) is 11.6. The van der Waals surface area contributed by atoms with Crippen molar-refractivity contribution < 1.29 is 13.9 Å². The molecule has 0 radical (unpaired) electrons. The molecule has 1 aliphatic carbocycles. The molecule has 174 valence electrons. The lowest BCUT2D eigenvalue weighted by Crippen LogP contribution is -2.42. The summed E-state index contributed by atoms with van der Waals surface area (Å²) < 4.78 is 19.5. The fourth-order valence-corrected chi connectivity index (χ4v) is 4.48. The summed E-state index contributed by atoms with van der Waals surface area (Å²) in [6.45, 7) is 6.31. The zero-order valence-electron chi connectivity index (χ0n) is 18.9. The van der Waals surface area contributed by atoms with Gasteiger partial charge in [0.15, 0.2) is 0 Å². The van der Waals surface area contributed by atoms with Crippen molar-refractivity contribution in [2.75, 3.05) is 11.9 Å². The second-order valence-electron chi connectivity index (χ2n) is 9.10. The summed E-state index contributed by atoms with van der Waals surface area (Å²) in [4.78, 5) is 30.2.